The first-order valence-corrected chi connectivity index (χ1v) is 4.66. The summed E-state index contributed by atoms with van der Waals surface area (Å²) in [5, 5.41) is 0. The van der Waals surface area contributed by atoms with E-state index in [1.54, 1.807) is 0 Å². The summed E-state index contributed by atoms with van der Waals surface area (Å²) >= 11 is 0. The van der Waals surface area contributed by atoms with Gasteiger partial charge in [0.25, 0.3) is 0 Å². The quantitative estimate of drug-likeness (QED) is 0.595. The molecule has 1 aromatic carbocycles. The highest BCUT2D eigenvalue weighted by Crippen LogP contribution is 2.25. The topological polar surface area (TPSA) is 6.48 Å². The Kier molecular flexibility index (Phi) is 2.00. The second kappa shape index (κ2) is 3.04. The van der Waals surface area contributed by atoms with Crippen molar-refractivity contribution in [2.75, 3.05) is 25.7 Å². The standard InChI is InChI=1S/C11H16N2/c1-9-4-5-11-10(6-9)7-12(2)8-13(11)3/h4-6H,7-8H2,1-3H3. The monoisotopic (exact) mass is 176 g/mol. The van der Waals surface area contributed by atoms with Gasteiger partial charge in [0.1, 0.15) is 0 Å². The molecule has 2 rings (SSSR count). The second-order valence-corrected chi connectivity index (χ2v) is 3.99. The van der Waals surface area contributed by atoms with Crippen LogP contribution in [0.3, 0.4) is 0 Å². The van der Waals surface area contributed by atoms with Crippen molar-refractivity contribution in [3.05, 3.63) is 29.3 Å². The average molecular weight is 176 g/mol. The first-order chi connectivity index (χ1) is 6.16. The molecule has 13 heavy (non-hydrogen) atoms. The molecule has 1 heterocycles. The predicted molar refractivity (Wildman–Crippen MR) is 55.9 cm³/mol. The lowest BCUT2D eigenvalue weighted by Crippen LogP contribution is -2.37. The molecule has 0 N–H and O–H groups in total. The van der Waals surface area contributed by atoms with Gasteiger partial charge in [0.2, 0.25) is 0 Å². The van der Waals surface area contributed by atoms with Crippen LogP contribution in [0.15, 0.2) is 18.2 Å². The van der Waals surface area contributed by atoms with Gasteiger partial charge in [-0.1, -0.05) is 17.7 Å². The van der Waals surface area contributed by atoms with Crippen LogP contribution in [0.25, 0.3) is 0 Å². The number of hydrogen-bond acceptors (Lipinski definition) is 2. The second-order valence-electron chi connectivity index (χ2n) is 3.99. The third-order valence-electron chi connectivity index (χ3n) is 2.54. The number of fused-ring (bicyclic) bond motifs is 1. The number of aryl methyl sites for hydroxylation is 1. The maximum Gasteiger partial charge on any atom is 0.0704 e. The summed E-state index contributed by atoms with van der Waals surface area (Å²) < 4.78 is 0. The van der Waals surface area contributed by atoms with Crippen LogP contribution in [0.1, 0.15) is 11.1 Å². The zero-order valence-electron chi connectivity index (χ0n) is 8.54. The minimum Gasteiger partial charge on any atom is -0.361 e. The summed E-state index contributed by atoms with van der Waals surface area (Å²) in [6, 6.07) is 6.68. The lowest BCUT2D eigenvalue weighted by molar-refractivity contribution is 0.316. The van der Waals surface area contributed by atoms with Crippen LogP contribution in [-0.2, 0) is 6.54 Å². The van der Waals surface area contributed by atoms with Gasteiger partial charge < -0.3 is 4.90 Å². The van der Waals surface area contributed by atoms with E-state index in [0.29, 0.717) is 0 Å². The highest BCUT2D eigenvalue weighted by atomic mass is 15.3. The van der Waals surface area contributed by atoms with Crippen molar-refractivity contribution in [2.24, 2.45) is 0 Å². The van der Waals surface area contributed by atoms with Gasteiger partial charge >= 0.3 is 0 Å². The van der Waals surface area contributed by atoms with E-state index in [-0.39, 0.29) is 0 Å². The van der Waals surface area contributed by atoms with E-state index in [1.165, 1.54) is 16.8 Å². The van der Waals surface area contributed by atoms with E-state index >= 15 is 0 Å². The van der Waals surface area contributed by atoms with Crippen molar-refractivity contribution in [2.45, 2.75) is 13.5 Å². The van der Waals surface area contributed by atoms with Crippen molar-refractivity contribution in [3.8, 4) is 0 Å². The first kappa shape index (κ1) is 8.57. The largest absolute Gasteiger partial charge is 0.361 e. The van der Waals surface area contributed by atoms with E-state index in [9.17, 15) is 0 Å². The molecule has 2 nitrogen and oxygen atoms in total. The predicted octanol–water partition coefficient (Wildman–Crippen LogP) is 1.83. The van der Waals surface area contributed by atoms with Crippen molar-refractivity contribution in [1.29, 1.82) is 0 Å². The van der Waals surface area contributed by atoms with E-state index in [2.05, 4.69) is 49.0 Å². The molecule has 70 valence electrons. The lowest BCUT2D eigenvalue weighted by atomic mass is 10.1. The Labute approximate surface area is 79.8 Å². The van der Waals surface area contributed by atoms with E-state index in [0.717, 1.165) is 13.2 Å². The van der Waals surface area contributed by atoms with Gasteiger partial charge in [0, 0.05) is 19.3 Å². The molecule has 0 saturated heterocycles. The minimum absolute atomic E-state index is 1.02. The van der Waals surface area contributed by atoms with Crippen molar-refractivity contribution in [3.63, 3.8) is 0 Å². The fraction of sp³-hybridized carbons (Fsp3) is 0.455. The van der Waals surface area contributed by atoms with Crippen LogP contribution >= 0.6 is 0 Å². The maximum atomic E-state index is 2.32. The molecule has 0 atom stereocenters. The summed E-state index contributed by atoms with van der Waals surface area (Å²) in [6.07, 6.45) is 0. The summed E-state index contributed by atoms with van der Waals surface area (Å²) in [5.41, 5.74) is 4.17. The van der Waals surface area contributed by atoms with Gasteiger partial charge in [-0.2, -0.15) is 0 Å². The van der Waals surface area contributed by atoms with Gasteiger partial charge in [-0.15, -0.1) is 0 Å². The molecular formula is C11H16N2. The van der Waals surface area contributed by atoms with Gasteiger partial charge in [0.15, 0.2) is 0 Å². The minimum atomic E-state index is 1.02. The summed E-state index contributed by atoms with van der Waals surface area (Å²) in [7, 11) is 4.30. The van der Waals surface area contributed by atoms with Crippen LogP contribution in [-0.4, -0.2) is 25.7 Å². The Bertz CT molecular complexity index is 320. The fourth-order valence-electron chi connectivity index (χ4n) is 1.99. The van der Waals surface area contributed by atoms with Crippen LogP contribution in [0.5, 0.6) is 0 Å². The Balaban J connectivity index is 2.43. The number of benzene rings is 1. The molecule has 0 radical (unpaired) electrons. The fourth-order valence-corrected chi connectivity index (χ4v) is 1.99. The number of hydrogen-bond donors (Lipinski definition) is 0. The smallest absolute Gasteiger partial charge is 0.0704 e. The molecule has 1 aliphatic rings. The van der Waals surface area contributed by atoms with Crippen LogP contribution in [0.4, 0.5) is 5.69 Å². The molecule has 0 aliphatic carbocycles. The highest BCUT2D eigenvalue weighted by Gasteiger charge is 2.16. The van der Waals surface area contributed by atoms with Crippen LogP contribution in [0.2, 0.25) is 0 Å². The van der Waals surface area contributed by atoms with E-state index in [1.807, 2.05) is 0 Å². The van der Waals surface area contributed by atoms with Gasteiger partial charge in [-0.25, -0.2) is 0 Å². The van der Waals surface area contributed by atoms with E-state index < -0.39 is 0 Å². The van der Waals surface area contributed by atoms with Crippen LogP contribution < -0.4 is 4.90 Å². The molecular weight excluding hydrogens is 160 g/mol. The Morgan fingerprint density at radius 3 is 2.77 bits per heavy atom. The third-order valence-corrected chi connectivity index (χ3v) is 2.54. The van der Waals surface area contributed by atoms with Gasteiger partial charge in [0.05, 0.1) is 6.67 Å². The SMILES string of the molecule is Cc1ccc2c(c1)CN(C)CN2C. The lowest BCUT2D eigenvalue weighted by Gasteiger charge is -2.34. The molecule has 1 aliphatic heterocycles. The van der Waals surface area contributed by atoms with Crippen molar-refractivity contribution in [1.82, 2.24) is 4.90 Å². The Hall–Kier alpha value is -1.02. The maximum absolute atomic E-state index is 2.32. The summed E-state index contributed by atoms with van der Waals surface area (Å²) in [6.45, 7) is 4.24. The average Bonchev–Trinajstić information content (AvgIpc) is 2.02. The zero-order chi connectivity index (χ0) is 9.42. The molecule has 0 fully saturated rings. The molecule has 0 spiro atoms. The summed E-state index contributed by atoms with van der Waals surface area (Å²) in [5.74, 6) is 0. The molecule has 0 saturated carbocycles. The van der Waals surface area contributed by atoms with Gasteiger partial charge in [-0.3, -0.25) is 4.90 Å². The molecule has 1 aromatic rings. The van der Waals surface area contributed by atoms with Crippen molar-refractivity contribution < 1.29 is 0 Å². The van der Waals surface area contributed by atoms with Gasteiger partial charge in [-0.05, 0) is 25.6 Å². The molecule has 0 bridgehead atoms. The normalized spacial score (nSPS) is 17.3. The zero-order valence-corrected chi connectivity index (χ0v) is 8.54. The van der Waals surface area contributed by atoms with E-state index in [4.69, 9.17) is 0 Å². The third kappa shape index (κ3) is 1.54. The van der Waals surface area contributed by atoms with Crippen molar-refractivity contribution >= 4 is 5.69 Å². The Morgan fingerprint density at radius 2 is 2.00 bits per heavy atom. The molecule has 0 unspecified atom stereocenters. The van der Waals surface area contributed by atoms with Crippen LogP contribution in [0, 0.1) is 6.92 Å². The summed E-state index contributed by atoms with van der Waals surface area (Å²) in [4.78, 5) is 4.61. The molecule has 0 amide bonds. The number of anilines is 1. The Morgan fingerprint density at radius 1 is 1.23 bits per heavy atom. The highest BCUT2D eigenvalue weighted by molar-refractivity contribution is 5.55. The molecule has 2 heteroatoms. The first-order valence-electron chi connectivity index (χ1n) is 4.66. The number of rotatable bonds is 0. The molecule has 0 aromatic heterocycles. The number of nitrogens with zero attached hydrogens (tertiary/aromatic N) is 2.